The highest BCUT2D eigenvalue weighted by Gasteiger charge is 2.19. The van der Waals surface area contributed by atoms with Gasteiger partial charge in [-0.1, -0.05) is 12.1 Å². The van der Waals surface area contributed by atoms with Crippen LogP contribution < -0.4 is 10.9 Å². The quantitative estimate of drug-likeness (QED) is 0.660. The van der Waals surface area contributed by atoms with Gasteiger partial charge < -0.3 is 19.9 Å². The number of aryl methyl sites for hydroxylation is 1. The monoisotopic (exact) mass is 402 g/mol. The van der Waals surface area contributed by atoms with Crippen LogP contribution in [-0.2, 0) is 25.5 Å². The van der Waals surface area contributed by atoms with Crippen LogP contribution >= 0.6 is 0 Å². The minimum absolute atomic E-state index is 0.0389. The normalized spacial score (nSPS) is 11.2. The first kappa shape index (κ1) is 22.1. The molecule has 2 aromatic rings. The van der Waals surface area contributed by atoms with Gasteiger partial charge in [0.1, 0.15) is 5.82 Å². The zero-order valence-corrected chi connectivity index (χ0v) is 17.1. The Morgan fingerprint density at radius 1 is 1.21 bits per heavy atom. The second-order valence-corrected chi connectivity index (χ2v) is 7.74. The predicted octanol–water partition coefficient (Wildman–Crippen LogP) is 0.772. The van der Waals surface area contributed by atoms with Crippen molar-refractivity contribution in [3.05, 3.63) is 40.4 Å². The minimum atomic E-state index is -0.596. The molecule has 0 bridgehead atoms. The highest BCUT2D eigenvalue weighted by Crippen LogP contribution is 2.07. The molecular formula is C20H26N4O5. The van der Waals surface area contributed by atoms with E-state index in [2.05, 4.69) is 15.3 Å². The fourth-order valence-electron chi connectivity index (χ4n) is 2.56. The van der Waals surface area contributed by atoms with Crippen molar-refractivity contribution in [1.82, 2.24) is 20.2 Å². The van der Waals surface area contributed by atoms with Gasteiger partial charge in [-0.25, -0.2) is 4.98 Å². The second kappa shape index (κ2) is 9.31. The number of amides is 2. The average Bonchev–Trinajstić information content (AvgIpc) is 2.62. The van der Waals surface area contributed by atoms with Crippen molar-refractivity contribution in [1.29, 1.82) is 0 Å². The van der Waals surface area contributed by atoms with E-state index in [-0.39, 0.29) is 30.9 Å². The number of hydrogen-bond acceptors (Lipinski definition) is 6. The number of para-hydroxylation sites is 1. The highest BCUT2D eigenvalue weighted by molar-refractivity contribution is 5.86. The van der Waals surface area contributed by atoms with Crippen LogP contribution in [0.5, 0.6) is 0 Å². The number of fused-ring (bicyclic) bond motifs is 1. The van der Waals surface area contributed by atoms with E-state index in [4.69, 9.17) is 4.74 Å². The molecule has 2 rings (SSSR count). The van der Waals surface area contributed by atoms with Gasteiger partial charge in [0.15, 0.2) is 6.61 Å². The van der Waals surface area contributed by atoms with Crippen molar-refractivity contribution in [2.45, 2.75) is 39.2 Å². The molecule has 0 spiro atoms. The summed E-state index contributed by atoms with van der Waals surface area (Å²) in [6, 6.07) is 6.91. The van der Waals surface area contributed by atoms with Crippen LogP contribution in [0, 0.1) is 0 Å². The molecule has 0 aliphatic rings. The van der Waals surface area contributed by atoms with E-state index in [1.807, 2.05) is 20.8 Å². The number of rotatable bonds is 7. The van der Waals surface area contributed by atoms with Gasteiger partial charge in [0.2, 0.25) is 5.91 Å². The van der Waals surface area contributed by atoms with E-state index in [0.717, 1.165) is 0 Å². The fourth-order valence-corrected chi connectivity index (χ4v) is 2.56. The van der Waals surface area contributed by atoms with Crippen molar-refractivity contribution in [3.63, 3.8) is 0 Å². The Labute approximate surface area is 168 Å². The third kappa shape index (κ3) is 7.02. The van der Waals surface area contributed by atoms with Crippen molar-refractivity contribution < 1.29 is 19.1 Å². The van der Waals surface area contributed by atoms with Gasteiger partial charge >= 0.3 is 5.97 Å². The first-order valence-corrected chi connectivity index (χ1v) is 9.24. The van der Waals surface area contributed by atoms with Crippen LogP contribution in [0.15, 0.2) is 29.1 Å². The van der Waals surface area contributed by atoms with Gasteiger partial charge in [0.05, 0.1) is 23.9 Å². The van der Waals surface area contributed by atoms with Gasteiger partial charge in [-0.3, -0.25) is 19.2 Å². The summed E-state index contributed by atoms with van der Waals surface area (Å²) in [5, 5.41) is 3.22. The van der Waals surface area contributed by atoms with Gasteiger partial charge in [0, 0.05) is 19.0 Å². The molecule has 0 saturated carbocycles. The third-order valence-electron chi connectivity index (χ3n) is 3.91. The Balaban J connectivity index is 1.80. The summed E-state index contributed by atoms with van der Waals surface area (Å²) < 4.78 is 4.97. The van der Waals surface area contributed by atoms with Crippen molar-refractivity contribution in [2.24, 2.45) is 0 Å². The van der Waals surface area contributed by atoms with Crippen molar-refractivity contribution in [2.75, 3.05) is 20.2 Å². The molecule has 0 aliphatic carbocycles. The third-order valence-corrected chi connectivity index (χ3v) is 3.91. The van der Waals surface area contributed by atoms with E-state index >= 15 is 0 Å². The molecule has 0 aliphatic heterocycles. The lowest BCUT2D eigenvalue weighted by molar-refractivity contribution is -0.152. The number of aromatic nitrogens is 2. The van der Waals surface area contributed by atoms with E-state index < -0.39 is 24.0 Å². The number of ether oxygens (including phenoxy) is 1. The number of carbonyl (C=O) groups excluding carboxylic acids is 3. The minimum Gasteiger partial charge on any atom is -0.456 e. The molecule has 0 fully saturated rings. The number of benzene rings is 1. The zero-order chi connectivity index (χ0) is 21.6. The second-order valence-electron chi connectivity index (χ2n) is 7.74. The Hall–Kier alpha value is -3.23. The molecular weight excluding hydrogens is 376 g/mol. The molecule has 1 heterocycles. The number of nitrogens with zero attached hydrogens (tertiary/aromatic N) is 2. The van der Waals surface area contributed by atoms with E-state index in [0.29, 0.717) is 16.7 Å². The Morgan fingerprint density at radius 2 is 1.90 bits per heavy atom. The topological polar surface area (TPSA) is 121 Å². The molecule has 1 aromatic carbocycles. The SMILES string of the molecule is CN(CC(=O)NC(C)(C)C)C(=O)COC(=O)CCc1nc2ccccc2c(=O)[nH]1. The Bertz CT molecular complexity index is 961. The van der Waals surface area contributed by atoms with Gasteiger partial charge in [-0.05, 0) is 32.9 Å². The predicted molar refractivity (Wildman–Crippen MR) is 107 cm³/mol. The summed E-state index contributed by atoms with van der Waals surface area (Å²) in [7, 11) is 1.46. The molecule has 0 radical (unpaired) electrons. The van der Waals surface area contributed by atoms with Crippen LogP contribution in [0.2, 0.25) is 0 Å². The average molecular weight is 402 g/mol. The number of likely N-dealkylation sites (N-methyl/N-ethyl adjacent to an activating group) is 1. The molecule has 2 N–H and O–H groups in total. The zero-order valence-electron chi connectivity index (χ0n) is 17.1. The van der Waals surface area contributed by atoms with Gasteiger partial charge in [0.25, 0.3) is 11.5 Å². The Kier molecular flexibility index (Phi) is 7.08. The highest BCUT2D eigenvalue weighted by atomic mass is 16.5. The van der Waals surface area contributed by atoms with E-state index in [9.17, 15) is 19.2 Å². The summed E-state index contributed by atoms with van der Waals surface area (Å²) in [4.78, 5) is 55.9. The van der Waals surface area contributed by atoms with Crippen molar-refractivity contribution >= 4 is 28.7 Å². The molecule has 9 heteroatoms. The molecule has 0 unspecified atom stereocenters. The summed E-state index contributed by atoms with van der Waals surface area (Å²) in [6.45, 7) is 4.93. The molecule has 9 nitrogen and oxygen atoms in total. The molecule has 29 heavy (non-hydrogen) atoms. The molecule has 156 valence electrons. The lowest BCUT2D eigenvalue weighted by atomic mass is 10.1. The standard InChI is InChI=1S/C20H26N4O5/c1-20(2,3)23-16(25)11-24(4)17(26)12-29-18(27)10-9-15-21-14-8-6-5-7-13(14)19(28)22-15/h5-8H,9-12H2,1-4H3,(H,23,25)(H,21,22,28). The van der Waals surface area contributed by atoms with Crippen LogP contribution in [0.4, 0.5) is 0 Å². The van der Waals surface area contributed by atoms with Crippen LogP contribution in [-0.4, -0.2) is 58.4 Å². The number of nitrogens with one attached hydrogen (secondary N) is 2. The number of hydrogen-bond donors (Lipinski definition) is 2. The van der Waals surface area contributed by atoms with Crippen LogP contribution in [0.3, 0.4) is 0 Å². The summed E-state index contributed by atoms with van der Waals surface area (Å²) in [5.41, 5.74) is -0.125. The van der Waals surface area contributed by atoms with E-state index in [1.165, 1.54) is 11.9 Å². The smallest absolute Gasteiger partial charge is 0.306 e. The fraction of sp³-hybridized carbons (Fsp3) is 0.450. The largest absolute Gasteiger partial charge is 0.456 e. The lowest BCUT2D eigenvalue weighted by Crippen LogP contribution is -2.46. The summed E-state index contributed by atoms with van der Waals surface area (Å²) in [6.07, 6.45) is 0.139. The number of esters is 1. The summed E-state index contributed by atoms with van der Waals surface area (Å²) >= 11 is 0. The molecule has 0 saturated heterocycles. The number of aromatic amines is 1. The molecule has 1 aromatic heterocycles. The maximum absolute atomic E-state index is 12.0. The van der Waals surface area contributed by atoms with Crippen LogP contribution in [0.25, 0.3) is 10.9 Å². The number of H-pyrrole nitrogens is 1. The molecule has 2 amide bonds. The summed E-state index contributed by atoms with van der Waals surface area (Å²) in [5.74, 6) is -1.01. The van der Waals surface area contributed by atoms with E-state index in [1.54, 1.807) is 24.3 Å². The lowest BCUT2D eigenvalue weighted by Gasteiger charge is -2.23. The maximum atomic E-state index is 12.0. The van der Waals surface area contributed by atoms with Crippen LogP contribution in [0.1, 0.15) is 33.0 Å². The maximum Gasteiger partial charge on any atom is 0.306 e. The van der Waals surface area contributed by atoms with Gasteiger partial charge in [-0.15, -0.1) is 0 Å². The Morgan fingerprint density at radius 3 is 2.59 bits per heavy atom. The molecule has 0 atom stereocenters. The van der Waals surface area contributed by atoms with Crippen molar-refractivity contribution in [3.8, 4) is 0 Å². The first-order valence-electron chi connectivity index (χ1n) is 9.24. The van der Waals surface area contributed by atoms with Gasteiger partial charge in [-0.2, -0.15) is 0 Å². The number of carbonyl (C=O) groups is 3. The first-order chi connectivity index (χ1) is 13.5.